The van der Waals surface area contributed by atoms with Crippen LogP contribution in [0, 0.1) is 0 Å². The second-order valence-electron chi connectivity index (χ2n) is 4.53. The van der Waals surface area contributed by atoms with E-state index in [1.54, 1.807) is 17.5 Å². The molecule has 0 atom stereocenters. The van der Waals surface area contributed by atoms with E-state index in [4.69, 9.17) is 0 Å². The summed E-state index contributed by atoms with van der Waals surface area (Å²) in [6, 6.07) is 7.98. The Morgan fingerprint density at radius 2 is 2.23 bits per heavy atom. The minimum absolute atomic E-state index is 0.0405. The van der Waals surface area contributed by atoms with Crippen molar-refractivity contribution in [3.05, 3.63) is 56.4 Å². The second kappa shape index (κ2) is 7.13. The summed E-state index contributed by atoms with van der Waals surface area (Å²) in [5.74, 6) is -0.0405. The molecule has 7 heteroatoms. The molecule has 2 heterocycles. The first-order valence-electron chi connectivity index (χ1n) is 6.56. The topological polar surface area (TPSA) is 54.9 Å². The van der Waals surface area contributed by atoms with E-state index < -0.39 is 0 Å². The summed E-state index contributed by atoms with van der Waals surface area (Å²) in [4.78, 5) is 20.6. The van der Waals surface area contributed by atoms with Gasteiger partial charge in [0.2, 0.25) is 5.91 Å². The number of hydrogen-bond acceptors (Lipinski definition) is 5. The first-order chi connectivity index (χ1) is 10.7. The van der Waals surface area contributed by atoms with Crippen LogP contribution in [0.4, 0.5) is 0 Å². The average molecular weight is 394 g/mol. The van der Waals surface area contributed by atoms with Crippen molar-refractivity contribution in [2.45, 2.75) is 13.0 Å². The van der Waals surface area contributed by atoms with Crippen LogP contribution in [0.1, 0.15) is 10.7 Å². The number of carbonyl (C=O) groups excluding carboxylic acids is 1. The number of carbonyl (C=O) groups is 1. The fourth-order valence-corrected chi connectivity index (χ4v) is 3.66. The van der Waals surface area contributed by atoms with Crippen LogP contribution >= 0.6 is 38.6 Å². The lowest BCUT2D eigenvalue weighted by atomic mass is 10.2. The minimum atomic E-state index is -0.0405. The number of nitrogens with one attached hydrogen (secondary N) is 1. The summed E-state index contributed by atoms with van der Waals surface area (Å²) in [5, 5.41) is 8.51. The van der Waals surface area contributed by atoms with E-state index in [9.17, 15) is 4.79 Å². The number of thiazole rings is 2. The second-order valence-corrected chi connectivity index (χ2v) is 7.29. The van der Waals surface area contributed by atoms with Gasteiger partial charge in [-0.2, -0.15) is 0 Å². The highest BCUT2D eigenvalue weighted by molar-refractivity contribution is 9.10. The molecule has 1 N–H and O–H groups in total. The maximum Gasteiger partial charge on any atom is 0.226 e. The number of hydrogen-bond donors (Lipinski definition) is 1. The average Bonchev–Trinajstić information content (AvgIpc) is 3.16. The zero-order chi connectivity index (χ0) is 15.4. The summed E-state index contributed by atoms with van der Waals surface area (Å²) >= 11 is 6.53. The molecule has 2 aromatic heterocycles. The van der Waals surface area contributed by atoms with E-state index >= 15 is 0 Å². The van der Waals surface area contributed by atoms with Crippen molar-refractivity contribution in [2.75, 3.05) is 0 Å². The summed E-state index contributed by atoms with van der Waals surface area (Å²) < 4.78 is 1.02. The van der Waals surface area contributed by atoms with E-state index in [1.807, 2.05) is 35.0 Å². The van der Waals surface area contributed by atoms with Crippen molar-refractivity contribution < 1.29 is 4.79 Å². The predicted octanol–water partition coefficient (Wildman–Crippen LogP) is 3.89. The van der Waals surface area contributed by atoms with Crippen LogP contribution in [0.2, 0.25) is 0 Å². The minimum Gasteiger partial charge on any atom is -0.349 e. The third-order valence-corrected chi connectivity index (χ3v) is 5.10. The molecule has 0 spiro atoms. The molecule has 0 fully saturated rings. The Morgan fingerprint density at radius 3 is 3.00 bits per heavy atom. The summed E-state index contributed by atoms with van der Waals surface area (Å²) in [6.07, 6.45) is 2.02. The molecule has 0 aliphatic carbocycles. The van der Waals surface area contributed by atoms with Crippen molar-refractivity contribution in [1.82, 2.24) is 15.3 Å². The summed E-state index contributed by atoms with van der Waals surface area (Å²) in [5.41, 5.74) is 1.84. The third kappa shape index (κ3) is 4.00. The van der Waals surface area contributed by atoms with Gasteiger partial charge in [-0.3, -0.25) is 4.79 Å². The number of nitrogens with zero attached hydrogens (tertiary/aromatic N) is 2. The van der Waals surface area contributed by atoms with Crippen LogP contribution < -0.4 is 5.32 Å². The van der Waals surface area contributed by atoms with Gasteiger partial charge in [0.15, 0.2) is 0 Å². The zero-order valence-electron chi connectivity index (χ0n) is 11.5. The van der Waals surface area contributed by atoms with Gasteiger partial charge < -0.3 is 5.32 Å². The fraction of sp³-hybridized carbons (Fsp3) is 0.133. The molecular formula is C15H12BrN3OS2. The van der Waals surface area contributed by atoms with Crippen molar-refractivity contribution >= 4 is 44.5 Å². The van der Waals surface area contributed by atoms with Gasteiger partial charge >= 0.3 is 0 Å². The molecule has 0 unspecified atom stereocenters. The normalized spacial score (nSPS) is 10.6. The fourth-order valence-electron chi connectivity index (χ4n) is 1.88. The molecule has 22 heavy (non-hydrogen) atoms. The Balaban J connectivity index is 1.60. The highest BCUT2D eigenvalue weighted by Gasteiger charge is 2.09. The van der Waals surface area contributed by atoms with Crippen LogP contribution in [-0.2, 0) is 17.8 Å². The van der Waals surface area contributed by atoms with Gasteiger partial charge in [-0.25, -0.2) is 9.97 Å². The standard InChI is InChI=1S/C15H12BrN3OS2/c16-11-3-1-2-10(6-11)15-19-12(9-22-15)7-13(20)18-8-14-17-4-5-21-14/h1-6,9H,7-8H2,(H,18,20). The van der Waals surface area contributed by atoms with Crippen LogP contribution in [0.15, 0.2) is 45.7 Å². The number of benzene rings is 1. The van der Waals surface area contributed by atoms with Gasteiger partial charge in [-0.15, -0.1) is 22.7 Å². The Hall–Kier alpha value is -1.57. The van der Waals surface area contributed by atoms with E-state index in [1.165, 1.54) is 11.3 Å². The van der Waals surface area contributed by atoms with Crippen molar-refractivity contribution in [2.24, 2.45) is 0 Å². The van der Waals surface area contributed by atoms with Gasteiger partial charge in [0.1, 0.15) is 10.0 Å². The molecule has 4 nitrogen and oxygen atoms in total. The number of aromatic nitrogens is 2. The van der Waals surface area contributed by atoms with Gasteiger partial charge in [0.05, 0.1) is 18.7 Å². The Kier molecular flexibility index (Phi) is 4.97. The van der Waals surface area contributed by atoms with Crippen LogP contribution in [0.3, 0.4) is 0 Å². The Morgan fingerprint density at radius 1 is 1.32 bits per heavy atom. The van der Waals surface area contributed by atoms with Crippen LogP contribution in [0.25, 0.3) is 10.6 Å². The number of amides is 1. The zero-order valence-corrected chi connectivity index (χ0v) is 14.7. The van der Waals surface area contributed by atoms with Gasteiger partial charge in [-0.1, -0.05) is 28.1 Å². The first kappa shape index (κ1) is 15.3. The summed E-state index contributed by atoms with van der Waals surface area (Å²) in [6.45, 7) is 0.471. The molecule has 1 amide bonds. The van der Waals surface area contributed by atoms with Crippen molar-refractivity contribution in [3.8, 4) is 10.6 Å². The van der Waals surface area contributed by atoms with E-state index in [2.05, 4.69) is 31.2 Å². The maximum atomic E-state index is 11.9. The number of halogens is 1. The van der Waals surface area contributed by atoms with E-state index in [0.29, 0.717) is 6.54 Å². The lowest BCUT2D eigenvalue weighted by Crippen LogP contribution is -2.24. The van der Waals surface area contributed by atoms with Crippen molar-refractivity contribution in [3.63, 3.8) is 0 Å². The monoisotopic (exact) mass is 393 g/mol. The molecule has 0 bridgehead atoms. The molecule has 3 rings (SSSR count). The molecule has 0 radical (unpaired) electrons. The Labute approximate surface area is 144 Å². The molecule has 0 saturated carbocycles. The van der Waals surface area contributed by atoms with Gasteiger partial charge in [0, 0.05) is 27.0 Å². The molecule has 3 aromatic rings. The third-order valence-electron chi connectivity index (χ3n) is 2.89. The SMILES string of the molecule is O=C(Cc1csc(-c2cccc(Br)c2)n1)NCc1nccs1. The van der Waals surface area contributed by atoms with Crippen LogP contribution in [0.5, 0.6) is 0 Å². The highest BCUT2D eigenvalue weighted by Crippen LogP contribution is 2.26. The molecular weight excluding hydrogens is 382 g/mol. The molecule has 1 aromatic carbocycles. The lowest BCUT2D eigenvalue weighted by Gasteiger charge is -2.01. The van der Waals surface area contributed by atoms with Crippen LogP contribution in [-0.4, -0.2) is 15.9 Å². The molecule has 112 valence electrons. The van der Waals surface area contributed by atoms with E-state index in [0.717, 1.165) is 25.7 Å². The van der Waals surface area contributed by atoms with E-state index in [-0.39, 0.29) is 12.3 Å². The highest BCUT2D eigenvalue weighted by atomic mass is 79.9. The molecule has 0 aliphatic heterocycles. The largest absolute Gasteiger partial charge is 0.349 e. The Bertz CT molecular complexity index is 771. The molecule has 0 aliphatic rings. The van der Waals surface area contributed by atoms with Gasteiger partial charge in [0.25, 0.3) is 0 Å². The van der Waals surface area contributed by atoms with Gasteiger partial charge in [-0.05, 0) is 12.1 Å². The first-order valence-corrected chi connectivity index (χ1v) is 9.11. The lowest BCUT2D eigenvalue weighted by molar-refractivity contribution is -0.120. The maximum absolute atomic E-state index is 11.9. The predicted molar refractivity (Wildman–Crippen MR) is 92.9 cm³/mol. The van der Waals surface area contributed by atoms with Crippen molar-refractivity contribution in [1.29, 1.82) is 0 Å². The quantitative estimate of drug-likeness (QED) is 0.715. The number of rotatable bonds is 5. The summed E-state index contributed by atoms with van der Waals surface area (Å²) in [7, 11) is 0. The molecule has 0 saturated heterocycles. The smallest absolute Gasteiger partial charge is 0.226 e.